The summed E-state index contributed by atoms with van der Waals surface area (Å²) < 4.78 is 16.9. The number of nitrogens with zero attached hydrogens (tertiary/aromatic N) is 1. The molecule has 0 bridgehead atoms. The Labute approximate surface area is 252 Å². The molecule has 0 amide bonds. The maximum Gasteiger partial charge on any atom is 0.344 e. The maximum atomic E-state index is 12.6. The molecule has 0 aliphatic carbocycles. The van der Waals surface area contributed by atoms with Crippen LogP contribution in [0.2, 0.25) is 0 Å². The molecule has 42 heavy (non-hydrogen) atoms. The fourth-order valence-corrected chi connectivity index (χ4v) is 5.25. The van der Waals surface area contributed by atoms with Crippen LogP contribution in [0.3, 0.4) is 0 Å². The Kier molecular flexibility index (Phi) is 12.6. The molecule has 6 heteroatoms. The zero-order valence-electron chi connectivity index (χ0n) is 26.7. The second-order valence-corrected chi connectivity index (χ2v) is 13.4. The molecule has 0 N–H and O–H groups in total. The topological polar surface area (TPSA) is 78.6 Å². The van der Waals surface area contributed by atoms with Gasteiger partial charge in [0.1, 0.15) is 5.75 Å². The van der Waals surface area contributed by atoms with Crippen LogP contribution in [0.15, 0.2) is 58.0 Å². The van der Waals surface area contributed by atoms with Crippen molar-refractivity contribution in [2.24, 2.45) is 16.7 Å². The predicted octanol–water partition coefficient (Wildman–Crippen LogP) is 9.39. The lowest BCUT2D eigenvalue weighted by Crippen LogP contribution is -2.35. The van der Waals surface area contributed by atoms with Gasteiger partial charge in [0.2, 0.25) is 0 Å². The number of benzene rings is 1. The molecular formula is C36H51NO5. The SMILES string of the molecule is CC(CC(C)(C)C)C(C)(C)C(=O)OCCCCCCCCCCCOc1ccc(-c2cc3ccncc3oc2=O)cc1. The van der Waals surface area contributed by atoms with Gasteiger partial charge in [-0.2, -0.15) is 0 Å². The van der Waals surface area contributed by atoms with E-state index in [-0.39, 0.29) is 22.9 Å². The summed E-state index contributed by atoms with van der Waals surface area (Å²) in [7, 11) is 0. The van der Waals surface area contributed by atoms with E-state index in [2.05, 4.69) is 32.7 Å². The van der Waals surface area contributed by atoms with Crippen molar-refractivity contribution in [3.8, 4) is 16.9 Å². The lowest BCUT2D eigenvalue weighted by Gasteiger charge is -2.34. The second kappa shape index (κ2) is 15.9. The first-order valence-electron chi connectivity index (χ1n) is 15.8. The quantitative estimate of drug-likeness (QED) is 0.117. The summed E-state index contributed by atoms with van der Waals surface area (Å²) in [6.45, 7) is 14.1. The molecule has 0 saturated heterocycles. The van der Waals surface area contributed by atoms with Gasteiger partial charge in [-0.25, -0.2) is 4.79 Å². The molecule has 0 saturated carbocycles. The van der Waals surface area contributed by atoms with Crippen molar-refractivity contribution >= 4 is 16.9 Å². The first-order chi connectivity index (χ1) is 20.0. The summed E-state index contributed by atoms with van der Waals surface area (Å²) in [6, 6.07) is 11.3. The molecule has 0 radical (unpaired) electrons. The Morgan fingerprint density at radius 1 is 0.857 bits per heavy atom. The Morgan fingerprint density at radius 2 is 1.45 bits per heavy atom. The number of ether oxygens (including phenoxy) is 2. The third-order valence-electron chi connectivity index (χ3n) is 8.17. The van der Waals surface area contributed by atoms with Crippen molar-refractivity contribution in [2.75, 3.05) is 13.2 Å². The molecule has 2 heterocycles. The normalized spacial score (nSPS) is 12.8. The highest BCUT2D eigenvalue weighted by Crippen LogP contribution is 2.37. The number of hydrogen-bond acceptors (Lipinski definition) is 6. The van der Waals surface area contributed by atoms with Gasteiger partial charge in [0.15, 0.2) is 5.58 Å². The zero-order valence-corrected chi connectivity index (χ0v) is 26.7. The molecule has 1 atom stereocenters. The van der Waals surface area contributed by atoms with Crippen LogP contribution < -0.4 is 10.4 Å². The average Bonchev–Trinajstić information content (AvgIpc) is 2.94. The molecule has 0 aliphatic heterocycles. The third kappa shape index (κ3) is 10.6. The lowest BCUT2D eigenvalue weighted by atomic mass is 9.72. The molecule has 2 aromatic heterocycles. The van der Waals surface area contributed by atoms with Crippen molar-refractivity contribution in [3.05, 3.63) is 59.2 Å². The summed E-state index contributed by atoms with van der Waals surface area (Å²) in [5.41, 5.74) is 1.22. The van der Waals surface area contributed by atoms with Gasteiger partial charge in [-0.1, -0.05) is 84.8 Å². The van der Waals surface area contributed by atoms with Crippen LogP contribution in [-0.4, -0.2) is 24.2 Å². The first-order valence-corrected chi connectivity index (χ1v) is 15.8. The van der Waals surface area contributed by atoms with Gasteiger partial charge in [0.25, 0.3) is 0 Å². The Hall–Kier alpha value is -3.15. The molecular weight excluding hydrogens is 526 g/mol. The van der Waals surface area contributed by atoms with E-state index < -0.39 is 5.41 Å². The number of aromatic nitrogens is 1. The predicted molar refractivity (Wildman–Crippen MR) is 171 cm³/mol. The largest absolute Gasteiger partial charge is 0.494 e. The molecule has 230 valence electrons. The third-order valence-corrected chi connectivity index (χ3v) is 8.17. The van der Waals surface area contributed by atoms with Crippen LogP contribution in [-0.2, 0) is 9.53 Å². The minimum Gasteiger partial charge on any atom is -0.494 e. The van der Waals surface area contributed by atoms with Gasteiger partial charge in [0, 0.05) is 11.6 Å². The minimum atomic E-state index is -0.445. The fraction of sp³-hybridized carbons (Fsp3) is 0.583. The standard InChI is InChI=1S/C36H51NO5/c1-27(25-35(2,3)4)36(5,6)34(39)41-23-15-13-11-9-7-8-10-12-14-22-40-30-18-16-28(17-19-30)31-24-29-20-21-37-26-32(29)42-33(31)38/h16-21,24,26-27H,7-15,22-23,25H2,1-6H3. The van der Waals surface area contributed by atoms with E-state index in [1.165, 1.54) is 32.1 Å². The average molecular weight is 578 g/mol. The zero-order chi connectivity index (χ0) is 30.6. The molecule has 0 spiro atoms. The molecule has 1 aromatic carbocycles. The van der Waals surface area contributed by atoms with E-state index in [0.717, 1.165) is 48.8 Å². The Morgan fingerprint density at radius 3 is 2.07 bits per heavy atom. The van der Waals surface area contributed by atoms with Crippen LogP contribution >= 0.6 is 0 Å². The van der Waals surface area contributed by atoms with E-state index in [9.17, 15) is 9.59 Å². The van der Waals surface area contributed by atoms with Gasteiger partial charge in [-0.3, -0.25) is 9.78 Å². The Bertz CT molecular complexity index is 1300. The van der Waals surface area contributed by atoms with Crippen LogP contribution in [0.1, 0.15) is 106 Å². The van der Waals surface area contributed by atoms with E-state index in [4.69, 9.17) is 13.9 Å². The van der Waals surface area contributed by atoms with Gasteiger partial charge in [-0.05, 0) is 74.3 Å². The molecule has 1 unspecified atom stereocenters. The molecule has 0 aliphatic rings. The summed E-state index contributed by atoms with van der Waals surface area (Å²) in [5.74, 6) is 1.03. The second-order valence-electron chi connectivity index (χ2n) is 13.4. The summed E-state index contributed by atoms with van der Waals surface area (Å²) in [5, 5.41) is 0.846. The first kappa shape index (κ1) is 33.4. The van der Waals surface area contributed by atoms with E-state index in [1.54, 1.807) is 12.4 Å². The number of hydrogen-bond donors (Lipinski definition) is 0. The van der Waals surface area contributed by atoms with E-state index >= 15 is 0 Å². The van der Waals surface area contributed by atoms with Gasteiger partial charge >= 0.3 is 11.6 Å². The number of carbonyl (C=O) groups excluding carboxylic acids is 1. The molecule has 6 nitrogen and oxygen atoms in total. The highest BCUT2D eigenvalue weighted by Gasteiger charge is 2.37. The van der Waals surface area contributed by atoms with Gasteiger partial charge < -0.3 is 13.9 Å². The lowest BCUT2D eigenvalue weighted by molar-refractivity contribution is -0.157. The van der Waals surface area contributed by atoms with Crippen molar-refractivity contribution < 1.29 is 18.7 Å². The Balaban J connectivity index is 1.20. The van der Waals surface area contributed by atoms with Crippen molar-refractivity contribution in [1.29, 1.82) is 0 Å². The summed E-state index contributed by atoms with van der Waals surface area (Å²) in [4.78, 5) is 29.0. The highest BCUT2D eigenvalue weighted by molar-refractivity contribution is 5.80. The highest BCUT2D eigenvalue weighted by atomic mass is 16.5. The molecule has 0 fully saturated rings. The fourth-order valence-electron chi connectivity index (χ4n) is 5.25. The van der Waals surface area contributed by atoms with Gasteiger partial charge in [-0.15, -0.1) is 0 Å². The van der Waals surface area contributed by atoms with Crippen molar-refractivity contribution in [3.63, 3.8) is 0 Å². The number of unbranched alkanes of at least 4 members (excludes halogenated alkanes) is 8. The smallest absolute Gasteiger partial charge is 0.344 e. The van der Waals surface area contributed by atoms with Gasteiger partial charge in [0.05, 0.1) is 30.4 Å². The van der Waals surface area contributed by atoms with E-state index in [0.29, 0.717) is 24.4 Å². The number of fused-ring (bicyclic) bond motifs is 1. The number of carbonyl (C=O) groups is 1. The van der Waals surface area contributed by atoms with Crippen molar-refractivity contribution in [1.82, 2.24) is 4.98 Å². The molecule has 3 rings (SSSR count). The van der Waals surface area contributed by atoms with E-state index in [1.807, 2.05) is 50.2 Å². The molecule has 3 aromatic rings. The monoisotopic (exact) mass is 577 g/mol. The summed E-state index contributed by atoms with van der Waals surface area (Å²) >= 11 is 0. The summed E-state index contributed by atoms with van der Waals surface area (Å²) in [6.07, 6.45) is 14.6. The number of esters is 1. The van der Waals surface area contributed by atoms with Crippen molar-refractivity contribution in [2.45, 2.75) is 106 Å². The minimum absolute atomic E-state index is 0.0615. The maximum absolute atomic E-state index is 12.6. The number of rotatable bonds is 17. The van der Waals surface area contributed by atoms with Crippen LogP contribution in [0, 0.1) is 16.7 Å². The van der Waals surface area contributed by atoms with Crippen LogP contribution in [0.5, 0.6) is 5.75 Å². The number of pyridine rings is 1. The van der Waals surface area contributed by atoms with Crippen LogP contribution in [0.25, 0.3) is 22.1 Å². The van der Waals surface area contributed by atoms with Crippen LogP contribution in [0.4, 0.5) is 0 Å².